The number of hydrogen-bond acceptors (Lipinski definition) is 5. The zero-order valence-corrected chi connectivity index (χ0v) is 14.2. The highest BCUT2D eigenvalue weighted by Crippen LogP contribution is 2.34. The molecule has 2 heterocycles. The summed E-state index contributed by atoms with van der Waals surface area (Å²) in [7, 11) is 0. The van der Waals surface area contributed by atoms with Gasteiger partial charge in [0, 0.05) is 30.7 Å². The van der Waals surface area contributed by atoms with Gasteiger partial charge in [-0.3, -0.25) is 0 Å². The number of likely N-dealkylation sites (tertiary alicyclic amines) is 1. The third-order valence-corrected chi connectivity index (χ3v) is 4.56. The molecule has 2 rings (SSSR count). The minimum absolute atomic E-state index is 0.251. The van der Waals surface area contributed by atoms with Crippen LogP contribution < -0.4 is 0 Å². The second kappa shape index (κ2) is 7.13. The molecule has 0 radical (unpaired) electrons. The molecular formula is C16H23N3O2S. The summed E-state index contributed by atoms with van der Waals surface area (Å²) in [6, 6.07) is 1.80. The van der Waals surface area contributed by atoms with E-state index in [1.54, 1.807) is 35.1 Å². The molecule has 2 unspecified atom stereocenters. The van der Waals surface area contributed by atoms with Crippen molar-refractivity contribution in [1.29, 1.82) is 0 Å². The van der Waals surface area contributed by atoms with Crippen LogP contribution in [0.2, 0.25) is 0 Å². The average Bonchev–Trinajstić information content (AvgIpc) is 2.82. The number of hydrogen-bond donors (Lipinski definition) is 0. The maximum atomic E-state index is 12.2. The van der Waals surface area contributed by atoms with Gasteiger partial charge in [-0.05, 0) is 39.2 Å². The van der Waals surface area contributed by atoms with Gasteiger partial charge in [-0.15, -0.1) is 6.58 Å². The highest BCUT2D eigenvalue weighted by Gasteiger charge is 2.37. The van der Waals surface area contributed by atoms with Crippen LogP contribution in [0.3, 0.4) is 0 Å². The van der Waals surface area contributed by atoms with Gasteiger partial charge < -0.3 is 9.64 Å². The Labute approximate surface area is 136 Å². The van der Waals surface area contributed by atoms with E-state index in [0.29, 0.717) is 19.0 Å². The molecule has 120 valence electrons. The van der Waals surface area contributed by atoms with E-state index in [9.17, 15) is 4.79 Å². The van der Waals surface area contributed by atoms with Gasteiger partial charge in [-0.2, -0.15) is 0 Å². The summed E-state index contributed by atoms with van der Waals surface area (Å²) in [6.45, 7) is 10.8. The summed E-state index contributed by atoms with van der Waals surface area (Å²) >= 11 is 1.62. The van der Waals surface area contributed by atoms with Crippen molar-refractivity contribution in [2.45, 2.75) is 43.2 Å². The van der Waals surface area contributed by atoms with Gasteiger partial charge in [0.05, 0.1) is 0 Å². The van der Waals surface area contributed by atoms with Gasteiger partial charge in [0.25, 0.3) is 0 Å². The molecular weight excluding hydrogens is 298 g/mol. The first-order valence-electron chi connectivity index (χ1n) is 7.41. The summed E-state index contributed by atoms with van der Waals surface area (Å²) in [5.41, 5.74) is -0.473. The zero-order chi connectivity index (χ0) is 16.2. The highest BCUT2D eigenvalue weighted by atomic mass is 32.2. The molecule has 5 nitrogen and oxygen atoms in total. The Balaban J connectivity index is 2.03. The number of aromatic nitrogens is 2. The number of carbonyl (C=O) groups is 1. The van der Waals surface area contributed by atoms with Crippen LogP contribution in [0.25, 0.3) is 0 Å². The van der Waals surface area contributed by atoms with Gasteiger partial charge >= 0.3 is 6.09 Å². The van der Waals surface area contributed by atoms with Crippen molar-refractivity contribution in [3.05, 3.63) is 31.1 Å². The Morgan fingerprint density at radius 1 is 1.45 bits per heavy atom. The van der Waals surface area contributed by atoms with Gasteiger partial charge in [-0.1, -0.05) is 17.8 Å². The fourth-order valence-corrected chi connectivity index (χ4v) is 3.53. The van der Waals surface area contributed by atoms with E-state index in [1.165, 1.54) is 0 Å². The number of thioether (sulfide) groups is 1. The van der Waals surface area contributed by atoms with Crippen LogP contribution in [-0.2, 0) is 4.74 Å². The van der Waals surface area contributed by atoms with Crippen LogP contribution >= 0.6 is 11.8 Å². The minimum Gasteiger partial charge on any atom is -0.444 e. The number of allylic oxidation sites excluding steroid dienone is 1. The molecule has 6 heteroatoms. The van der Waals surface area contributed by atoms with E-state index in [-0.39, 0.29) is 11.3 Å². The second-order valence-corrected chi connectivity index (χ2v) is 7.56. The predicted octanol–water partition coefficient (Wildman–Crippen LogP) is 3.38. The van der Waals surface area contributed by atoms with Crippen LogP contribution in [0.1, 0.15) is 27.2 Å². The summed E-state index contributed by atoms with van der Waals surface area (Å²) in [6.07, 6.45) is 5.99. The normalized spacial score (nSPS) is 21.7. The number of nitrogens with zero attached hydrogens (tertiary/aromatic N) is 3. The zero-order valence-electron chi connectivity index (χ0n) is 13.4. The van der Waals surface area contributed by atoms with E-state index in [1.807, 2.05) is 26.8 Å². The lowest BCUT2D eigenvalue weighted by Gasteiger charge is -2.24. The van der Waals surface area contributed by atoms with Gasteiger partial charge in [-0.25, -0.2) is 14.8 Å². The maximum absolute atomic E-state index is 12.2. The molecule has 1 fully saturated rings. The molecule has 0 spiro atoms. The third-order valence-electron chi connectivity index (χ3n) is 3.30. The molecule has 0 aromatic carbocycles. The Bertz CT molecular complexity index is 516. The van der Waals surface area contributed by atoms with Crippen molar-refractivity contribution in [2.24, 2.45) is 5.92 Å². The Morgan fingerprint density at radius 2 is 2.14 bits per heavy atom. The van der Waals surface area contributed by atoms with Crippen LogP contribution in [-0.4, -0.2) is 44.9 Å². The Morgan fingerprint density at radius 3 is 2.73 bits per heavy atom. The first kappa shape index (κ1) is 16.8. The average molecular weight is 321 g/mol. The highest BCUT2D eigenvalue weighted by molar-refractivity contribution is 7.99. The molecule has 0 N–H and O–H groups in total. The largest absolute Gasteiger partial charge is 0.444 e. The molecule has 0 aliphatic carbocycles. The van der Waals surface area contributed by atoms with E-state index in [0.717, 1.165) is 11.6 Å². The maximum Gasteiger partial charge on any atom is 0.410 e. The van der Waals surface area contributed by atoms with E-state index >= 15 is 0 Å². The molecule has 2 atom stereocenters. The number of carbonyl (C=O) groups excluding carboxylic acids is 1. The summed E-state index contributed by atoms with van der Waals surface area (Å²) < 4.78 is 5.47. The molecule has 1 aromatic rings. The molecule has 1 aliphatic rings. The predicted molar refractivity (Wildman–Crippen MR) is 87.8 cm³/mol. The summed E-state index contributed by atoms with van der Waals surface area (Å²) in [4.78, 5) is 22.5. The molecule has 0 bridgehead atoms. The van der Waals surface area contributed by atoms with Gasteiger partial charge in [0.1, 0.15) is 5.60 Å². The Kier molecular flexibility index (Phi) is 5.45. The van der Waals surface area contributed by atoms with Crippen molar-refractivity contribution in [1.82, 2.24) is 14.9 Å². The minimum atomic E-state index is -0.473. The first-order valence-corrected chi connectivity index (χ1v) is 8.29. The molecule has 1 saturated heterocycles. The third kappa shape index (κ3) is 4.73. The quantitative estimate of drug-likeness (QED) is 0.628. The fraction of sp³-hybridized carbons (Fsp3) is 0.562. The number of rotatable bonds is 4. The summed E-state index contributed by atoms with van der Waals surface area (Å²) in [5.74, 6) is 0.346. The van der Waals surface area contributed by atoms with E-state index in [4.69, 9.17) is 4.74 Å². The van der Waals surface area contributed by atoms with Crippen molar-refractivity contribution < 1.29 is 9.53 Å². The molecule has 22 heavy (non-hydrogen) atoms. The number of ether oxygens (including phenoxy) is 1. The lowest BCUT2D eigenvalue weighted by Crippen LogP contribution is -2.35. The van der Waals surface area contributed by atoms with Gasteiger partial charge in [0.2, 0.25) is 0 Å². The number of amides is 1. The fourth-order valence-electron chi connectivity index (χ4n) is 2.37. The lowest BCUT2D eigenvalue weighted by molar-refractivity contribution is 0.0289. The smallest absolute Gasteiger partial charge is 0.410 e. The SMILES string of the molecule is C=CCC1CN(C(=O)OC(C)(C)C)CC1Sc1ncccn1. The van der Waals surface area contributed by atoms with Crippen molar-refractivity contribution in [2.75, 3.05) is 13.1 Å². The van der Waals surface area contributed by atoms with Crippen molar-refractivity contribution in [3.63, 3.8) is 0 Å². The van der Waals surface area contributed by atoms with Gasteiger partial charge in [0.15, 0.2) is 5.16 Å². The monoisotopic (exact) mass is 321 g/mol. The van der Waals surface area contributed by atoms with Crippen LogP contribution in [0.15, 0.2) is 36.3 Å². The van der Waals surface area contributed by atoms with Crippen LogP contribution in [0.4, 0.5) is 4.79 Å². The molecule has 1 amide bonds. The summed E-state index contributed by atoms with van der Waals surface area (Å²) in [5, 5.41) is 1.00. The second-order valence-electron chi connectivity index (χ2n) is 6.36. The molecule has 1 aliphatic heterocycles. The van der Waals surface area contributed by atoms with Crippen molar-refractivity contribution >= 4 is 17.9 Å². The molecule has 0 saturated carbocycles. The first-order chi connectivity index (χ1) is 10.4. The van der Waals surface area contributed by atoms with Crippen LogP contribution in [0, 0.1) is 5.92 Å². The van der Waals surface area contributed by atoms with Crippen LogP contribution in [0.5, 0.6) is 0 Å². The van der Waals surface area contributed by atoms with E-state index in [2.05, 4.69) is 16.5 Å². The Hall–Kier alpha value is -1.56. The molecule has 1 aromatic heterocycles. The topological polar surface area (TPSA) is 55.3 Å². The lowest BCUT2D eigenvalue weighted by atomic mass is 10.1. The van der Waals surface area contributed by atoms with Crippen molar-refractivity contribution in [3.8, 4) is 0 Å². The van der Waals surface area contributed by atoms with E-state index < -0.39 is 5.60 Å². The standard InChI is InChI=1S/C16H23N3O2S/c1-5-7-12-10-19(15(20)21-16(2,3)4)11-13(12)22-14-17-8-6-9-18-14/h5-6,8-9,12-13H,1,7,10-11H2,2-4H3.